The fourth-order valence-electron chi connectivity index (χ4n) is 3.35. The van der Waals surface area contributed by atoms with E-state index in [0.29, 0.717) is 12.0 Å². The third-order valence-corrected chi connectivity index (χ3v) is 5.51. The van der Waals surface area contributed by atoms with Crippen LogP contribution in [0.25, 0.3) is 0 Å². The highest BCUT2D eigenvalue weighted by atomic mass is 32.1. The molecular formula is C22H20N2O2S. The molecule has 0 radical (unpaired) electrons. The molecule has 1 atom stereocenters. The smallest absolute Gasteiger partial charge is 0.274 e. The molecule has 4 nitrogen and oxygen atoms in total. The monoisotopic (exact) mass is 376 g/mol. The molecule has 1 aromatic heterocycles. The van der Waals surface area contributed by atoms with Crippen molar-refractivity contribution < 1.29 is 9.53 Å². The number of rotatable bonds is 4. The zero-order valence-electron chi connectivity index (χ0n) is 15.3. The summed E-state index contributed by atoms with van der Waals surface area (Å²) in [6.07, 6.45) is 0.682. The Kier molecular flexibility index (Phi) is 4.77. The zero-order valence-corrected chi connectivity index (χ0v) is 16.1. The van der Waals surface area contributed by atoms with Crippen LogP contribution in [0.2, 0.25) is 0 Å². The highest BCUT2D eigenvalue weighted by molar-refractivity contribution is 7.08. The molecule has 1 aliphatic rings. The van der Waals surface area contributed by atoms with Gasteiger partial charge in [-0.15, -0.1) is 0 Å². The Hall–Kier alpha value is -2.92. The number of nitrogens with zero attached hydrogens (tertiary/aromatic N) is 2. The summed E-state index contributed by atoms with van der Waals surface area (Å²) in [5.41, 5.74) is 4.66. The zero-order chi connectivity index (χ0) is 18.8. The van der Waals surface area contributed by atoms with Crippen LogP contribution in [0.1, 0.15) is 39.5 Å². The normalized spacial score (nSPS) is 16.3. The molecule has 0 saturated heterocycles. The number of carbonyl (C=O) groups excluding carboxylic acids is 1. The Morgan fingerprint density at radius 3 is 2.78 bits per heavy atom. The highest BCUT2D eigenvalue weighted by Gasteiger charge is 2.34. The van der Waals surface area contributed by atoms with Gasteiger partial charge in [-0.05, 0) is 53.1 Å². The van der Waals surface area contributed by atoms with E-state index in [1.54, 1.807) is 23.5 Å². The van der Waals surface area contributed by atoms with Crippen LogP contribution >= 0.6 is 11.3 Å². The van der Waals surface area contributed by atoms with Crippen molar-refractivity contribution in [3.63, 3.8) is 0 Å². The summed E-state index contributed by atoms with van der Waals surface area (Å²) in [7, 11) is 1.65. The van der Waals surface area contributed by atoms with E-state index in [0.717, 1.165) is 28.2 Å². The first kappa shape index (κ1) is 17.5. The minimum absolute atomic E-state index is 0.0776. The highest BCUT2D eigenvalue weighted by Crippen LogP contribution is 2.35. The molecule has 27 heavy (non-hydrogen) atoms. The number of carbonyl (C=O) groups is 1. The Labute approximate surface area is 162 Å². The Morgan fingerprint density at radius 1 is 1.19 bits per heavy atom. The lowest BCUT2D eigenvalue weighted by atomic mass is 9.98. The summed E-state index contributed by atoms with van der Waals surface area (Å²) < 4.78 is 5.37. The maximum Gasteiger partial charge on any atom is 0.274 e. The van der Waals surface area contributed by atoms with Crippen LogP contribution in [-0.2, 0) is 0 Å². The number of hydrogen-bond donors (Lipinski definition) is 0. The molecule has 1 amide bonds. The molecule has 0 fully saturated rings. The topological polar surface area (TPSA) is 41.9 Å². The van der Waals surface area contributed by atoms with E-state index in [-0.39, 0.29) is 11.9 Å². The molecule has 5 heteroatoms. The molecule has 0 bridgehead atoms. The van der Waals surface area contributed by atoms with E-state index < -0.39 is 0 Å². The summed E-state index contributed by atoms with van der Waals surface area (Å²) in [6.45, 7) is 1.95. The largest absolute Gasteiger partial charge is 0.497 e. The second kappa shape index (κ2) is 7.37. The van der Waals surface area contributed by atoms with Gasteiger partial charge >= 0.3 is 0 Å². The van der Waals surface area contributed by atoms with Gasteiger partial charge in [0.05, 0.1) is 18.9 Å². The van der Waals surface area contributed by atoms with Crippen LogP contribution < -0.4 is 4.74 Å². The van der Waals surface area contributed by atoms with Crippen LogP contribution in [0.15, 0.2) is 70.5 Å². The number of hydrogen-bond acceptors (Lipinski definition) is 4. The number of hydrazone groups is 1. The second-order valence-corrected chi connectivity index (χ2v) is 7.30. The number of methoxy groups -OCH3 is 1. The first-order valence-electron chi connectivity index (χ1n) is 8.80. The predicted molar refractivity (Wildman–Crippen MR) is 109 cm³/mol. The van der Waals surface area contributed by atoms with Gasteiger partial charge in [0.2, 0.25) is 0 Å². The quantitative estimate of drug-likeness (QED) is 0.639. The van der Waals surface area contributed by atoms with E-state index in [1.165, 1.54) is 0 Å². The number of aryl methyl sites for hydroxylation is 1. The van der Waals surface area contributed by atoms with Gasteiger partial charge in [0.1, 0.15) is 5.75 Å². The van der Waals surface area contributed by atoms with E-state index in [2.05, 4.69) is 5.38 Å². The van der Waals surface area contributed by atoms with Crippen molar-refractivity contribution in [2.24, 2.45) is 5.10 Å². The van der Waals surface area contributed by atoms with Gasteiger partial charge in [-0.2, -0.15) is 16.4 Å². The molecule has 4 rings (SSSR count). The maximum absolute atomic E-state index is 13.3. The summed E-state index contributed by atoms with van der Waals surface area (Å²) in [6, 6.07) is 17.4. The van der Waals surface area contributed by atoms with Gasteiger partial charge in [-0.3, -0.25) is 4.79 Å². The molecule has 2 aromatic carbocycles. The lowest BCUT2D eigenvalue weighted by Gasteiger charge is -2.23. The van der Waals surface area contributed by atoms with Gasteiger partial charge in [0, 0.05) is 17.5 Å². The summed E-state index contributed by atoms with van der Waals surface area (Å²) in [4.78, 5) is 13.3. The molecule has 0 aliphatic carbocycles. The van der Waals surface area contributed by atoms with E-state index in [4.69, 9.17) is 9.84 Å². The average molecular weight is 376 g/mol. The van der Waals surface area contributed by atoms with E-state index in [9.17, 15) is 4.79 Å². The summed E-state index contributed by atoms with van der Waals surface area (Å²) in [5, 5.41) is 10.5. The Morgan fingerprint density at radius 2 is 2.04 bits per heavy atom. The Balaban J connectivity index is 1.75. The molecular weight excluding hydrogens is 356 g/mol. The number of benzene rings is 2. The fourth-order valence-corrected chi connectivity index (χ4v) is 4.01. The minimum atomic E-state index is -0.151. The molecule has 1 aliphatic heterocycles. The van der Waals surface area contributed by atoms with E-state index >= 15 is 0 Å². The van der Waals surface area contributed by atoms with Gasteiger partial charge < -0.3 is 4.74 Å². The van der Waals surface area contributed by atoms with Crippen molar-refractivity contribution in [3.8, 4) is 5.75 Å². The van der Waals surface area contributed by atoms with Gasteiger partial charge in [-0.25, -0.2) is 5.01 Å². The molecule has 3 aromatic rings. The van der Waals surface area contributed by atoms with Gasteiger partial charge in [0.15, 0.2) is 0 Å². The number of thiophene rings is 1. The number of ether oxygens (including phenoxy) is 1. The first-order chi connectivity index (χ1) is 13.2. The van der Waals surface area contributed by atoms with Crippen LogP contribution in [0.5, 0.6) is 5.75 Å². The summed E-state index contributed by atoms with van der Waals surface area (Å²) >= 11 is 1.63. The average Bonchev–Trinajstić information content (AvgIpc) is 3.37. The maximum atomic E-state index is 13.3. The van der Waals surface area contributed by atoms with Crippen molar-refractivity contribution in [1.29, 1.82) is 0 Å². The third kappa shape index (κ3) is 3.38. The Bertz CT molecular complexity index is 995. The fraction of sp³-hybridized carbons (Fsp3) is 0.182. The predicted octanol–water partition coefficient (Wildman–Crippen LogP) is 5.06. The molecule has 0 saturated carbocycles. The number of amides is 1. The van der Waals surface area contributed by atoms with Crippen LogP contribution in [-0.4, -0.2) is 23.7 Å². The van der Waals surface area contributed by atoms with Crippen LogP contribution in [0.4, 0.5) is 0 Å². The van der Waals surface area contributed by atoms with Crippen molar-refractivity contribution >= 4 is 23.0 Å². The third-order valence-electron chi connectivity index (χ3n) is 4.83. The van der Waals surface area contributed by atoms with E-state index in [1.807, 2.05) is 66.9 Å². The standard InChI is InChI=1S/C22H20N2O2S/c1-15-6-3-4-9-19(15)22(25)24-21(16-7-5-8-18(12-16)26-2)13-20(23-24)17-10-11-27-14-17/h3-12,14,21H,13H2,1-2H3. The van der Waals surface area contributed by atoms with Crippen LogP contribution in [0.3, 0.4) is 0 Å². The van der Waals surface area contributed by atoms with Crippen molar-refractivity contribution in [2.75, 3.05) is 7.11 Å². The van der Waals surface area contributed by atoms with Gasteiger partial charge in [-0.1, -0.05) is 30.3 Å². The molecule has 1 unspecified atom stereocenters. The molecule has 136 valence electrons. The second-order valence-electron chi connectivity index (χ2n) is 6.52. The van der Waals surface area contributed by atoms with Gasteiger partial charge in [0.25, 0.3) is 5.91 Å². The molecule has 0 N–H and O–H groups in total. The lowest BCUT2D eigenvalue weighted by molar-refractivity contribution is 0.0710. The minimum Gasteiger partial charge on any atom is -0.497 e. The van der Waals surface area contributed by atoms with Crippen LogP contribution in [0, 0.1) is 6.92 Å². The van der Waals surface area contributed by atoms with Crippen molar-refractivity contribution in [1.82, 2.24) is 5.01 Å². The summed E-state index contributed by atoms with van der Waals surface area (Å²) in [5.74, 6) is 0.700. The SMILES string of the molecule is COc1cccc(C2CC(c3ccsc3)=NN2C(=O)c2ccccc2C)c1. The lowest BCUT2D eigenvalue weighted by Crippen LogP contribution is -2.27. The molecule has 2 heterocycles. The molecule has 0 spiro atoms. The first-order valence-corrected chi connectivity index (χ1v) is 9.75. The van der Waals surface area contributed by atoms with Crippen molar-refractivity contribution in [3.05, 3.63) is 87.6 Å². The van der Waals surface area contributed by atoms with Crippen molar-refractivity contribution in [2.45, 2.75) is 19.4 Å².